The Morgan fingerprint density at radius 1 is 1.10 bits per heavy atom. The van der Waals surface area contributed by atoms with Crippen LogP contribution in [0.3, 0.4) is 0 Å². The fourth-order valence-electron chi connectivity index (χ4n) is 4.14. The lowest BCUT2D eigenvalue weighted by Gasteiger charge is -2.31. The van der Waals surface area contributed by atoms with Gasteiger partial charge in [0.05, 0.1) is 25.9 Å². The summed E-state index contributed by atoms with van der Waals surface area (Å²) in [6.07, 6.45) is 1.88. The highest BCUT2D eigenvalue weighted by atomic mass is 35.5. The molecular weight excluding hydrogens is 471 g/mol. The van der Waals surface area contributed by atoms with Crippen LogP contribution in [-0.4, -0.2) is 31.7 Å². The van der Waals surface area contributed by atoms with Crippen molar-refractivity contribution in [1.29, 1.82) is 0 Å². The summed E-state index contributed by atoms with van der Waals surface area (Å²) in [6, 6.07) is 11.3. The van der Waals surface area contributed by atoms with Crippen molar-refractivity contribution in [3.05, 3.63) is 74.2 Å². The van der Waals surface area contributed by atoms with E-state index in [2.05, 4.69) is 42.3 Å². The molecule has 0 amide bonds. The van der Waals surface area contributed by atoms with Crippen molar-refractivity contribution in [2.24, 2.45) is 0 Å². The Labute approximate surface area is 197 Å². The second kappa shape index (κ2) is 9.10. The molecule has 0 radical (unpaired) electrons. The molecule has 4 rings (SSSR count). The molecule has 8 heteroatoms. The van der Waals surface area contributed by atoms with E-state index in [1.807, 2.05) is 0 Å². The monoisotopic (exact) mass is 494 g/mol. The number of halogens is 2. The summed E-state index contributed by atoms with van der Waals surface area (Å²) in [5.41, 5.74) is 4.82. The number of sulfone groups is 1. The number of hydrogen-bond donors (Lipinski definition) is 0. The van der Waals surface area contributed by atoms with Crippen LogP contribution in [0.4, 0.5) is 5.13 Å². The third-order valence-corrected chi connectivity index (χ3v) is 9.76. The number of anilines is 1. The molecule has 0 N–H and O–H groups in total. The number of aryl methyl sites for hydroxylation is 2. The van der Waals surface area contributed by atoms with E-state index in [-0.39, 0.29) is 14.9 Å². The summed E-state index contributed by atoms with van der Waals surface area (Å²) in [6.45, 7) is 5.52. The molecular formula is C23H24Cl2N2O2S2. The van der Waals surface area contributed by atoms with Crippen LogP contribution in [0.25, 0.3) is 0 Å². The molecule has 0 unspecified atom stereocenters. The Balaban J connectivity index is 1.43. The second-order valence-electron chi connectivity index (χ2n) is 8.08. The molecule has 0 saturated carbocycles. The highest BCUT2D eigenvalue weighted by Crippen LogP contribution is 2.35. The Bertz CT molecular complexity index is 1180. The first-order valence-corrected chi connectivity index (χ1v) is 13.4. The Morgan fingerprint density at radius 2 is 1.77 bits per heavy atom. The Hall–Kier alpha value is -1.60. The van der Waals surface area contributed by atoms with Crippen LogP contribution in [0.1, 0.15) is 35.2 Å². The lowest BCUT2D eigenvalue weighted by Crippen LogP contribution is -2.39. The van der Waals surface area contributed by atoms with Gasteiger partial charge in [-0.15, -0.1) is 11.3 Å². The van der Waals surface area contributed by atoms with E-state index in [1.54, 1.807) is 23.5 Å². The van der Waals surface area contributed by atoms with Crippen LogP contribution in [0, 0.1) is 13.8 Å². The summed E-state index contributed by atoms with van der Waals surface area (Å²) >= 11 is 13.8. The van der Waals surface area contributed by atoms with Crippen molar-refractivity contribution < 1.29 is 8.42 Å². The number of rotatable bonds is 5. The van der Waals surface area contributed by atoms with E-state index in [4.69, 9.17) is 28.2 Å². The minimum Gasteiger partial charge on any atom is -0.348 e. The molecule has 0 bridgehead atoms. The average Bonchev–Trinajstić information content (AvgIpc) is 3.17. The van der Waals surface area contributed by atoms with E-state index in [0.29, 0.717) is 25.9 Å². The number of nitrogens with zero attached hydrogens (tertiary/aromatic N) is 2. The van der Waals surface area contributed by atoms with Crippen LogP contribution in [0.2, 0.25) is 10.0 Å². The molecule has 3 aromatic rings. The molecule has 1 aliphatic rings. The predicted molar refractivity (Wildman–Crippen MR) is 130 cm³/mol. The van der Waals surface area contributed by atoms with Gasteiger partial charge in [-0.25, -0.2) is 13.4 Å². The maximum atomic E-state index is 13.1. The predicted octanol–water partition coefficient (Wildman–Crippen LogP) is 6.10. The SMILES string of the molecule is Cc1cc(C)cc(Cc2csc(N3CCC(S(=O)(=O)c4cccc(Cl)c4Cl)CC3)n2)c1. The molecule has 0 spiro atoms. The molecule has 0 aliphatic carbocycles. The van der Waals surface area contributed by atoms with E-state index >= 15 is 0 Å². The molecule has 1 saturated heterocycles. The molecule has 31 heavy (non-hydrogen) atoms. The Kier molecular flexibility index (Phi) is 6.63. The third-order valence-electron chi connectivity index (χ3n) is 5.58. The van der Waals surface area contributed by atoms with Gasteiger partial charge in [-0.05, 0) is 44.4 Å². The van der Waals surface area contributed by atoms with Gasteiger partial charge in [-0.3, -0.25) is 0 Å². The van der Waals surface area contributed by atoms with Gasteiger partial charge < -0.3 is 4.90 Å². The van der Waals surface area contributed by atoms with Gasteiger partial charge in [-0.2, -0.15) is 0 Å². The molecule has 2 aromatic carbocycles. The van der Waals surface area contributed by atoms with Gasteiger partial charge in [-0.1, -0.05) is 58.6 Å². The zero-order chi connectivity index (χ0) is 22.2. The second-order valence-corrected chi connectivity index (χ2v) is 11.9. The van der Waals surface area contributed by atoms with E-state index in [9.17, 15) is 8.42 Å². The van der Waals surface area contributed by atoms with Crippen LogP contribution in [0.5, 0.6) is 0 Å². The largest absolute Gasteiger partial charge is 0.348 e. The molecule has 164 valence electrons. The zero-order valence-corrected chi connectivity index (χ0v) is 20.6. The first-order valence-electron chi connectivity index (χ1n) is 10.2. The number of aromatic nitrogens is 1. The van der Waals surface area contributed by atoms with Crippen LogP contribution >= 0.6 is 34.5 Å². The molecule has 2 heterocycles. The van der Waals surface area contributed by atoms with Gasteiger partial charge in [0.2, 0.25) is 0 Å². The van der Waals surface area contributed by atoms with E-state index in [0.717, 1.165) is 17.2 Å². The standard InChI is InChI=1S/C23H24Cl2N2O2S2/c1-15-10-16(2)12-17(11-15)13-18-14-30-23(26-18)27-8-6-19(7-9-27)31(28,29)21-5-3-4-20(24)22(21)25/h3-5,10-12,14,19H,6-9,13H2,1-2H3. The summed E-state index contributed by atoms with van der Waals surface area (Å²) in [4.78, 5) is 7.13. The summed E-state index contributed by atoms with van der Waals surface area (Å²) in [5.74, 6) is 0. The normalized spacial score (nSPS) is 15.4. The summed E-state index contributed by atoms with van der Waals surface area (Å²) < 4.78 is 26.2. The maximum absolute atomic E-state index is 13.1. The Morgan fingerprint density at radius 3 is 2.45 bits per heavy atom. The summed E-state index contributed by atoms with van der Waals surface area (Å²) in [7, 11) is -3.52. The first-order chi connectivity index (χ1) is 14.7. The molecule has 1 aliphatic heterocycles. The fourth-order valence-corrected chi connectivity index (χ4v) is 7.52. The van der Waals surface area contributed by atoms with Gasteiger partial charge in [0.1, 0.15) is 0 Å². The molecule has 1 fully saturated rings. The highest BCUT2D eigenvalue weighted by Gasteiger charge is 2.33. The van der Waals surface area contributed by atoms with E-state index < -0.39 is 15.1 Å². The van der Waals surface area contributed by atoms with E-state index in [1.165, 1.54) is 22.8 Å². The van der Waals surface area contributed by atoms with Crippen LogP contribution in [-0.2, 0) is 16.3 Å². The van der Waals surface area contributed by atoms with Crippen molar-refractivity contribution in [2.45, 2.75) is 43.3 Å². The van der Waals surface area contributed by atoms with Crippen molar-refractivity contribution in [2.75, 3.05) is 18.0 Å². The number of benzene rings is 2. The number of hydrogen-bond acceptors (Lipinski definition) is 5. The fraction of sp³-hybridized carbons (Fsp3) is 0.348. The third kappa shape index (κ3) is 4.92. The van der Waals surface area contributed by atoms with Gasteiger partial charge >= 0.3 is 0 Å². The van der Waals surface area contributed by atoms with Crippen LogP contribution in [0.15, 0.2) is 46.7 Å². The minimum atomic E-state index is -3.52. The topological polar surface area (TPSA) is 50.3 Å². The first kappa shape index (κ1) is 22.6. The van der Waals surface area contributed by atoms with Crippen molar-refractivity contribution in [3.8, 4) is 0 Å². The van der Waals surface area contributed by atoms with Crippen LogP contribution < -0.4 is 4.90 Å². The smallest absolute Gasteiger partial charge is 0.185 e. The minimum absolute atomic E-state index is 0.113. The quantitative estimate of drug-likeness (QED) is 0.429. The number of thiazole rings is 1. The lowest BCUT2D eigenvalue weighted by atomic mass is 10.0. The van der Waals surface area contributed by atoms with Crippen molar-refractivity contribution >= 4 is 49.5 Å². The van der Waals surface area contributed by atoms with Gasteiger partial charge in [0.25, 0.3) is 0 Å². The average molecular weight is 495 g/mol. The van der Waals surface area contributed by atoms with Crippen molar-refractivity contribution in [1.82, 2.24) is 4.98 Å². The highest BCUT2D eigenvalue weighted by molar-refractivity contribution is 7.92. The van der Waals surface area contributed by atoms with Crippen molar-refractivity contribution in [3.63, 3.8) is 0 Å². The maximum Gasteiger partial charge on any atom is 0.185 e. The van der Waals surface area contributed by atoms with Gasteiger partial charge in [0.15, 0.2) is 15.0 Å². The lowest BCUT2D eigenvalue weighted by molar-refractivity contribution is 0.529. The summed E-state index contributed by atoms with van der Waals surface area (Å²) in [5, 5.41) is 2.97. The molecule has 4 nitrogen and oxygen atoms in total. The number of piperidine rings is 1. The molecule has 0 atom stereocenters. The molecule has 1 aromatic heterocycles. The van der Waals surface area contributed by atoms with Gasteiger partial charge in [0, 0.05) is 24.9 Å². The zero-order valence-electron chi connectivity index (χ0n) is 17.4.